The summed E-state index contributed by atoms with van der Waals surface area (Å²) in [5.74, 6) is -1.38. The number of piperidine rings is 2. The molecule has 3 fully saturated rings. The molecule has 1 aromatic rings. The van der Waals surface area contributed by atoms with Gasteiger partial charge in [0, 0.05) is 31.6 Å². The lowest BCUT2D eigenvalue weighted by Crippen LogP contribution is -2.58. The van der Waals surface area contributed by atoms with Gasteiger partial charge in [-0.3, -0.25) is 19.5 Å². The maximum atomic E-state index is 12.9. The number of nitrogens with zero attached hydrogens (tertiary/aromatic N) is 4. The van der Waals surface area contributed by atoms with E-state index in [1.807, 2.05) is 4.90 Å². The second-order valence-corrected chi connectivity index (χ2v) is 10.3. The predicted octanol–water partition coefficient (Wildman–Crippen LogP) is -0.226. The van der Waals surface area contributed by atoms with Crippen LogP contribution >= 0.6 is 0 Å². The van der Waals surface area contributed by atoms with E-state index in [1.54, 1.807) is 0 Å². The molecule has 1 amide bonds. The van der Waals surface area contributed by atoms with Crippen LogP contribution in [0.25, 0.3) is 0 Å². The van der Waals surface area contributed by atoms with Crippen LogP contribution in [0.5, 0.6) is 0 Å². The van der Waals surface area contributed by atoms with Gasteiger partial charge in [-0.15, -0.1) is 0 Å². The zero-order valence-corrected chi connectivity index (χ0v) is 21.4. The molecule has 218 valence electrons. The third kappa shape index (κ3) is 7.75. The molecule has 4 atom stereocenters. The fraction of sp³-hybridized carbons (Fsp3) is 0.750. The van der Waals surface area contributed by atoms with Gasteiger partial charge in [0.2, 0.25) is 5.91 Å². The number of alkyl halides is 3. The fourth-order valence-corrected chi connectivity index (χ4v) is 5.46. The maximum Gasteiger partial charge on any atom is 0.434 e. The van der Waals surface area contributed by atoms with Gasteiger partial charge >= 0.3 is 12.1 Å². The van der Waals surface area contributed by atoms with Crippen molar-refractivity contribution in [3.8, 4) is 0 Å². The van der Waals surface area contributed by atoms with Gasteiger partial charge in [0.25, 0.3) is 0 Å². The topological polar surface area (TPSA) is 160 Å². The van der Waals surface area contributed by atoms with Crippen LogP contribution in [0.15, 0.2) is 12.4 Å². The zero-order chi connectivity index (χ0) is 28.2. The van der Waals surface area contributed by atoms with Crippen molar-refractivity contribution in [2.24, 2.45) is 5.92 Å². The average molecular weight is 561 g/mol. The van der Waals surface area contributed by atoms with Crippen LogP contribution in [0.3, 0.4) is 0 Å². The minimum absolute atomic E-state index is 0.0185. The summed E-state index contributed by atoms with van der Waals surface area (Å²) in [6.07, 6.45) is -3.48. The monoisotopic (exact) mass is 560 g/mol. The molecule has 4 heterocycles. The van der Waals surface area contributed by atoms with Gasteiger partial charge in [0.15, 0.2) is 5.69 Å². The average Bonchev–Trinajstić information content (AvgIpc) is 2.91. The van der Waals surface area contributed by atoms with Crippen molar-refractivity contribution in [1.82, 2.24) is 25.1 Å². The Balaban J connectivity index is 1.18. The number of aliphatic carboxylic acids is 1. The molecule has 15 heteroatoms. The summed E-state index contributed by atoms with van der Waals surface area (Å²) in [5, 5.41) is 35.4. The number of halogens is 3. The number of aliphatic hydroxyl groups excluding tert-OH is 2. The van der Waals surface area contributed by atoms with Crippen molar-refractivity contribution in [3.05, 3.63) is 18.1 Å². The number of amides is 1. The van der Waals surface area contributed by atoms with Crippen molar-refractivity contribution in [1.29, 1.82) is 0 Å². The number of aromatic nitrogens is 2. The third-order valence-electron chi connectivity index (χ3n) is 7.70. The Morgan fingerprint density at radius 2 is 1.74 bits per heavy atom. The lowest BCUT2D eigenvalue weighted by atomic mass is 9.92. The Hall–Kier alpha value is -2.59. The van der Waals surface area contributed by atoms with Gasteiger partial charge in [-0.05, 0) is 38.8 Å². The summed E-state index contributed by atoms with van der Waals surface area (Å²) in [7, 11) is 0. The highest BCUT2D eigenvalue weighted by Gasteiger charge is 2.40. The highest BCUT2D eigenvalue weighted by atomic mass is 19.4. The van der Waals surface area contributed by atoms with Gasteiger partial charge in [0.05, 0.1) is 31.6 Å². The van der Waals surface area contributed by atoms with E-state index in [-0.39, 0.29) is 37.3 Å². The third-order valence-corrected chi connectivity index (χ3v) is 7.70. The van der Waals surface area contributed by atoms with Crippen molar-refractivity contribution < 1.29 is 42.8 Å². The Morgan fingerprint density at radius 1 is 1.05 bits per heavy atom. The molecule has 0 saturated carbocycles. The van der Waals surface area contributed by atoms with E-state index in [9.17, 15) is 33.0 Å². The summed E-state index contributed by atoms with van der Waals surface area (Å²) >= 11 is 0. The summed E-state index contributed by atoms with van der Waals surface area (Å²) in [6.45, 7) is 2.96. The molecule has 5 N–H and O–H groups in total. The fourth-order valence-electron chi connectivity index (χ4n) is 5.46. The van der Waals surface area contributed by atoms with Crippen LogP contribution in [0.2, 0.25) is 0 Å². The van der Waals surface area contributed by atoms with Crippen LogP contribution < -0.4 is 10.6 Å². The van der Waals surface area contributed by atoms with Gasteiger partial charge in [0.1, 0.15) is 24.1 Å². The largest absolute Gasteiger partial charge is 0.480 e. The Morgan fingerprint density at radius 3 is 2.38 bits per heavy atom. The molecule has 0 bridgehead atoms. The molecule has 1 aromatic heterocycles. The van der Waals surface area contributed by atoms with Crippen LogP contribution in [0.1, 0.15) is 31.4 Å². The normalized spacial score (nSPS) is 28.2. The predicted molar refractivity (Wildman–Crippen MR) is 131 cm³/mol. The minimum Gasteiger partial charge on any atom is -0.480 e. The van der Waals surface area contributed by atoms with E-state index in [2.05, 4.69) is 25.5 Å². The highest BCUT2D eigenvalue weighted by Crippen LogP contribution is 2.28. The molecular weight excluding hydrogens is 525 g/mol. The maximum absolute atomic E-state index is 12.9. The number of ether oxygens (including phenoxy) is 1. The van der Waals surface area contributed by atoms with Crippen molar-refractivity contribution in [2.45, 2.75) is 62.3 Å². The van der Waals surface area contributed by atoms with E-state index in [1.165, 1.54) is 0 Å². The summed E-state index contributed by atoms with van der Waals surface area (Å²) in [6, 6.07) is -0.542. The van der Waals surface area contributed by atoms with Crippen molar-refractivity contribution in [3.63, 3.8) is 0 Å². The molecule has 0 unspecified atom stereocenters. The first-order valence-electron chi connectivity index (χ1n) is 13.1. The van der Waals surface area contributed by atoms with Crippen LogP contribution in [0, 0.1) is 5.92 Å². The quantitative estimate of drug-likeness (QED) is 0.286. The van der Waals surface area contributed by atoms with Crippen LogP contribution in [-0.2, 0) is 20.5 Å². The lowest BCUT2D eigenvalue weighted by molar-refractivity contribution is -0.144. The molecule has 0 radical (unpaired) electrons. The van der Waals surface area contributed by atoms with E-state index in [4.69, 9.17) is 9.84 Å². The van der Waals surface area contributed by atoms with E-state index < -0.39 is 42.2 Å². The highest BCUT2D eigenvalue weighted by molar-refractivity contribution is 5.78. The molecule has 0 aliphatic carbocycles. The molecule has 4 rings (SSSR count). The van der Waals surface area contributed by atoms with Gasteiger partial charge in [-0.2, -0.15) is 13.2 Å². The number of carbonyl (C=O) groups is 2. The summed E-state index contributed by atoms with van der Waals surface area (Å²) in [4.78, 5) is 34.9. The Labute approximate surface area is 223 Å². The number of carboxylic acids is 1. The standard InChI is InChI=1S/C24H35F3N6O6/c25-24(26,27)18-10-28-11-19(31-18)30-16-13-39-17(22(37)21(16)36)9-29-23(38)14-1-7-33(8-2-14)15-3-5-32(6-4-15)12-20(34)35/h10-11,14-17,21-22,36-37H,1-9,12-13H2,(H,29,38)(H,30,31)(H,34,35)/t16-,17+,21+,22-/m0/s1. The SMILES string of the molecule is O=C(O)CN1CCC(N2CCC(C(=O)NC[C@H]3OC[C@H](Nc4cncc(C(F)(F)F)n4)[C@@H](O)[C@H]3O)CC2)CC1. The first-order chi connectivity index (χ1) is 18.5. The summed E-state index contributed by atoms with van der Waals surface area (Å²) in [5.41, 5.74) is -1.19. The van der Waals surface area contributed by atoms with Gasteiger partial charge < -0.3 is 35.6 Å². The van der Waals surface area contributed by atoms with E-state index in [0.29, 0.717) is 25.1 Å². The second kappa shape index (κ2) is 12.7. The molecular formula is C24H35F3N6O6. The minimum atomic E-state index is -4.67. The number of carbonyl (C=O) groups excluding carboxylic acids is 1. The number of anilines is 1. The number of aliphatic hydroxyl groups is 2. The number of hydrogen-bond acceptors (Lipinski definition) is 10. The molecule has 39 heavy (non-hydrogen) atoms. The molecule has 12 nitrogen and oxygen atoms in total. The lowest BCUT2D eigenvalue weighted by Gasteiger charge is -2.41. The second-order valence-electron chi connectivity index (χ2n) is 10.3. The van der Waals surface area contributed by atoms with E-state index in [0.717, 1.165) is 45.2 Å². The number of likely N-dealkylation sites (tertiary alicyclic amines) is 2. The summed E-state index contributed by atoms with van der Waals surface area (Å²) < 4.78 is 44.2. The molecule has 0 spiro atoms. The molecule has 3 aliphatic heterocycles. The smallest absolute Gasteiger partial charge is 0.434 e. The van der Waals surface area contributed by atoms with Crippen molar-refractivity contribution in [2.75, 3.05) is 51.2 Å². The number of carboxylic acid groups (broad SMARTS) is 1. The number of rotatable bonds is 8. The Kier molecular flexibility index (Phi) is 9.59. The van der Waals surface area contributed by atoms with Crippen molar-refractivity contribution >= 4 is 17.7 Å². The Bertz CT molecular complexity index is 987. The number of nitrogens with one attached hydrogen (secondary N) is 2. The molecule has 3 saturated heterocycles. The molecule has 3 aliphatic rings. The van der Waals surface area contributed by atoms with E-state index >= 15 is 0 Å². The first-order valence-corrected chi connectivity index (χ1v) is 13.1. The van der Waals surface area contributed by atoms with Gasteiger partial charge in [-0.25, -0.2) is 4.98 Å². The first kappa shape index (κ1) is 29.4. The molecule has 0 aromatic carbocycles. The number of hydrogen-bond donors (Lipinski definition) is 5. The van der Waals surface area contributed by atoms with Crippen LogP contribution in [0.4, 0.5) is 19.0 Å². The zero-order valence-electron chi connectivity index (χ0n) is 21.4. The van der Waals surface area contributed by atoms with Crippen LogP contribution in [-0.4, -0.2) is 123 Å². The van der Waals surface area contributed by atoms with Gasteiger partial charge in [-0.1, -0.05) is 0 Å².